The molecule has 0 unspecified atom stereocenters. The summed E-state index contributed by atoms with van der Waals surface area (Å²) in [5, 5.41) is 6.74. The zero-order valence-corrected chi connectivity index (χ0v) is 13.0. The van der Waals surface area contributed by atoms with Crippen LogP contribution in [-0.2, 0) is 0 Å². The topological polar surface area (TPSA) is 49.8 Å². The molecule has 0 amide bonds. The Balaban J connectivity index is 2.26. The molecule has 0 aliphatic heterocycles. The zero-order chi connectivity index (χ0) is 13.8. The third kappa shape index (κ3) is 3.58. The number of benzene rings is 1. The van der Waals surface area contributed by atoms with Crippen LogP contribution in [0, 0.1) is 6.92 Å². The molecule has 1 aromatic carbocycles. The van der Waals surface area contributed by atoms with Gasteiger partial charge in [-0.3, -0.25) is 0 Å². The van der Waals surface area contributed by atoms with Gasteiger partial charge in [-0.2, -0.15) is 4.98 Å². The molecule has 100 valence electrons. The Morgan fingerprint density at radius 3 is 2.84 bits per heavy atom. The van der Waals surface area contributed by atoms with E-state index in [0.717, 1.165) is 22.3 Å². The van der Waals surface area contributed by atoms with Gasteiger partial charge in [0.2, 0.25) is 5.95 Å². The number of hydrogen-bond donors (Lipinski definition) is 2. The van der Waals surface area contributed by atoms with Gasteiger partial charge >= 0.3 is 0 Å². The molecule has 6 heteroatoms. The molecule has 19 heavy (non-hydrogen) atoms. The number of anilines is 3. The molecule has 0 atom stereocenters. The Kier molecular flexibility index (Phi) is 4.61. The predicted octanol–water partition coefficient (Wildman–Crippen LogP) is 4.38. The highest BCUT2D eigenvalue weighted by Gasteiger charge is 2.06. The van der Waals surface area contributed by atoms with Crippen LogP contribution in [0.2, 0.25) is 5.02 Å². The van der Waals surface area contributed by atoms with E-state index in [0.29, 0.717) is 16.8 Å². The lowest BCUT2D eigenvalue weighted by Crippen LogP contribution is -2.04. The van der Waals surface area contributed by atoms with Crippen molar-refractivity contribution in [1.82, 2.24) is 9.97 Å². The molecule has 0 bridgehead atoms. The van der Waals surface area contributed by atoms with Crippen LogP contribution in [0.15, 0.2) is 28.9 Å². The summed E-state index contributed by atoms with van der Waals surface area (Å²) < 4.78 is 1.07. The minimum absolute atomic E-state index is 0.488. The second kappa shape index (κ2) is 6.21. The largest absolute Gasteiger partial charge is 0.354 e. The predicted molar refractivity (Wildman–Crippen MR) is 83.4 cm³/mol. The smallest absolute Gasteiger partial charge is 0.224 e. The second-order valence-electron chi connectivity index (χ2n) is 4.01. The molecule has 1 aromatic heterocycles. The van der Waals surface area contributed by atoms with Crippen LogP contribution in [0.3, 0.4) is 0 Å². The lowest BCUT2D eigenvalue weighted by atomic mass is 10.2. The third-order valence-electron chi connectivity index (χ3n) is 2.50. The molecule has 0 fully saturated rings. The van der Waals surface area contributed by atoms with Crippen LogP contribution in [0.25, 0.3) is 0 Å². The number of aryl methyl sites for hydroxylation is 1. The summed E-state index contributed by atoms with van der Waals surface area (Å²) in [5.41, 5.74) is 2.07. The normalized spacial score (nSPS) is 10.3. The molecule has 2 N–H and O–H groups in total. The van der Waals surface area contributed by atoms with E-state index in [-0.39, 0.29) is 0 Å². The number of aromatic nitrogens is 2. The van der Waals surface area contributed by atoms with Crippen molar-refractivity contribution in [3.63, 3.8) is 0 Å². The maximum atomic E-state index is 6.09. The number of halogens is 2. The van der Waals surface area contributed by atoms with E-state index in [1.807, 2.05) is 32.0 Å². The van der Waals surface area contributed by atoms with Crippen molar-refractivity contribution in [2.45, 2.75) is 13.8 Å². The maximum absolute atomic E-state index is 6.09. The summed E-state index contributed by atoms with van der Waals surface area (Å²) in [6.45, 7) is 4.78. The molecule has 0 aliphatic rings. The molecule has 0 aliphatic carbocycles. The fourth-order valence-corrected chi connectivity index (χ4v) is 1.94. The van der Waals surface area contributed by atoms with Crippen molar-refractivity contribution in [2.75, 3.05) is 17.2 Å². The van der Waals surface area contributed by atoms with Crippen molar-refractivity contribution < 1.29 is 0 Å². The van der Waals surface area contributed by atoms with Crippen LogP contribution >= 0.6 is 27.5 Å². The third-order valence-corrected chi connectivity index (χ3v) is 3.67. The maximum Gasteiger partial charge on any atom is 0.224 e. The van der Waals surface area contributed by atoms with E-state index in [1.165, 1.54) is 0 Å². The first kappa shape index (κ1) is 14.1. The minimum Gasteiger partial charge on any atom is -0.354 e. The van der Waals surface area contributed by atoms with E-state index < -0.39 is 0 Å². The fourth-order valence-electron chi connectivity index (χ4n) is 1.56. The van der Waals surface area contributed by atoms with Gasteiger partial charge in [-0.1, -0.05) is 27.5 Å². The Hall–Kier alpha value is -1.33. The van der Waals surface area contributed by atoms with E-state index in [1.54, 1.807) is 6.20 Å². The van der Waals surface area contributed by atoms with Gasteiger partial charge < -0.3 is 10.6 Å². The van der Waals surface area contributed by atoms with Crippen molar-refractivity contribution in [2.24, 2.45) is 0 Å². The second-order valence-corrected chi connectivity index (χ2v) is 5.27. The number of nitrogens with zero attached hydrogens (tertiary/aromatic N) is 2. The standard InChI is InChI=1S/C13H14BrClN4/c1-3-16-13-17-7-11(15)12(19-13)18-9-4-5-10(14)8(2)6-9/h4-7H,3H2,1-2H3,(H2,16,17,18,19). The minimum atomic E-state index is 0.488. The monoisotopic (exact) mass is 340 g/mol. The van der Waals surface area contributed by atoms with Crippen molar-refractivity contribution >= 4 is 45.0 Å². The number of hydrogen-bond acceptors (Lipinski definition) is 4. The molecule has 0 saturated heterocycles. The molecule has 1 heterocycles. The quantitative estimate of drug-likeness (QED) is 0.866. The first-order valence-electron chi connectivity index (χ1n) is 5.89. The van der Waals surface area contributed by atoms with E-state index >= 15 is 0 Å². The molecule has 4 nitrogen and oxygen atoms in total. The first-order chi connectivity index (χ1) is 9.10. The van der Waals surface area contributed by atoms with Gasteiger partial charge in [0.05, 0.1) is 6.20 Å². The summed E-state index contributed by atoms with van der Waals surface area (Å²) in [5.74, 6) is 1.15. The van der Waals surface area contributed by atoms with Crippen LogP contribution in [-0.4, -0.2) is 16.5 Å². The lowest BCUT2D eigenvalue weighted by molar-refractivity contribution is 1.09. The molecular weight excluding hydrogens is 328 g/mol. The van der Waals surface area contributed by atoms with Gasteiger partial charge in [0.25, 0.3) is 0 Å². The Labute approximate surface area is 125 Å². The molecule has 0 spiro atoms. The Morgan fingerprint density at radius 2 is 2.16 bits per heavy atom. The fraction of sp³-hybridized carbons (Fsp3) is 0.231. The van der Waals surface area contributed by atoms with Crippen LogP contribution in [0.4, 0.5) is 17.5 Å². The molecular formula is C13H14BrClN4. The summed E-state index contributed by atoms with van der Waals surface area (Å²) in [7, 11) is 0. The van der Waals surface area contributed by atoms with Crippen molar-refractivity contribution in [1.29, 1.82) is 0 Å². The highest BCUT2D eigenvalue weighted by Crippen LogP contribution is 2.26. The van der Waals surface area contributed by atoms with Crippen LogP contribution in [0.1, 0.15) is 12.5 Å². The Bertz CT molecular complexity index is 589. The van der Waals surface area contributed by atoms with Gasteiger partial charge in [-0.05, 0) is 37.6 Å². The van der Waals surface area contributed by atoms with E-state index in [2.05, 4.69) is 36.5 Å². The van der Waals surface area contributed by atoms with Gasteiger partial charge in [0, 0.05) is 16.7 Å². The van der Waals surface area contributed by atoms with Crippen molar-refractivity contribution in [3.8, 4) is 0 Å². The molecule has 0 saturated carbocycles. The molecule has 2 aromatic rings. The average molecular weight is 342 g/mol. The first-order valence-corrected chi connectivity index (χ1v) is 7.07. The SMILES string of the molecule is CCNc1ncc(Cl)c(Nc2ccc(Br)c(C)c2)n1. The zero-order valence-electron chi connectivity index (χ0n) is 10.7. The van der Waals surface area contributed by atoms with E-state index in [9.17, 15) is 0 Å². The lowest BCUT2D eigenvalue weighted by Gasteiger charge is -2.10. The van der Waals surface area contributed by atoms with E-state index in [4.69, 9.17) is 11.6 Å². The van der Waals surface area contributed by atoms with Crippen molar-refractivity contribution in [3.05, 3.63) is 39.5 Å². The molecule has 0 radical (unpaired) electrons. The number of nitrogens with one attached hydrogen (secondary N) is 2. The summed E-state index contributed by atoms with van der Waals surface area (Å²) >= 11 is 9.56. The van der Waals surface area contributed by atoms with Gasteiger partial charge in [0.15, 0.2) is 5.82 Å². The highest BCUT2D eigenvalue weighted by molar-refractivity contribution is 9.10. The summed E-state index contributed by atoms with van der Waals surface area (Å²) in [6.07, 6.45) is 1.58. The van der Waals surface area contributed by atoms with Gasteiger partial charge in [0.1, 0.15) is 5.02 Å². The summed E-state index contributed by atoms with van der Waals surface area (Å²) in [4.78, 5) is 8.43. The van der Waals surface area contributed by atoms with Gasteiger partial charge in [-0.15, -0.1) is 0 Å². The number of rotatable bonds is 4. The molecule has 2 rings (SSSR count). The Morgan fingerprint density at radius 1 is 1.37 bits per heavy atom. The van der Waals surface area contributed by atoms with Crippen LogP contribution < -0.4 is 10.6 Å². The highest BCUT2D eigenvalue weighted by atomic mass is 79.9. The van der Waals surface area contributed by atoms with Gasteiger partial charge in [-0.25, -0.2) is 4.98 Å². The average Bonchev–Trinajstić information content (AvgIpc) is 2.38. The van der Waals surface area contributed by atoms with Crippen LogP contribution in [0.5, 0.6) is 0 Å². The summed E-state index contributed by atoms with van der Waals surface area (Å²) in [6, 6.07) is 5.97.